The smallest absolute Gasteiger partial charge is 0.152 e. The highest BCUT2D eigenvalue weighted by atomic mass is 15.0. The van der Waals surface area contributed by atoms with Crippen LogP contribution in [0.25, 0.3) is 28.0 Å². The lowest BCUT2D eigenvalue weighted by atomic mass is 10.0. The van der Waals surface area contributed by atoms with Crippen LogP contribution in [-0.4, -0.2) is 9.38 Å². The van der Waals surface area contributed by atoms with Crippen LogP contribution in [0.5, 0.6) is 0 Å². The molecule has 0 saturated heterocycles. The highest BCUT2D eigenvalue weighted by Crippen LogP contribution is 2.27. The lowest BCUT2D eigenvalue weighted by Crippen LogP contribution is -1.90. The molecule has 2 heterocycles. The number of aryl methyl sites for hydroxylation is 1. The van der Waals surface area contributed by atoms with Gasteiger partial charge < -0.3 is 0 Å². The van der Waals surface area contributed by atoms with E-state index in [1.165, 1.54) is 5.56 Å². The van der Waals surface area contributed by atoms with Gasteiger partial charge in [-0.25, -0.2) is 4.98 Å². The second-order valence-electron chi connectivity index (χ2n) is 5.80. The summed E-state index contributed by atoms with van der Waals surface area (Å²) in [5.74, 6) is 0. The molecule has 0 fully saturated rings. The van der Waals surface area contributed by atoms with E-state index in [4.69, 9.17) is 0 Å². The van der Waals surface area contributed by atoms with Gasteiger partial charge in [0.15, 0.2) is 5.69 Å². The fraction of sp³-hybridized carbons (Fsp3) is 0.0476. The van der Waals surface area contributed by atoms with Crippen molar-refractivity contribution in [3.05, 3.63) is 84.2 Å². The molecule has 3 nitrogen and oxygen atoms in total. The number of rotatable bonds is 2. The molecule has 0 radical (unpaired) electrons. The summed E-state index contributed by atoms with van der Waals surface area (Å²) in [5.41, 5.74) is 6.46. The van der Waals surface area contributed by atoms with Crippen LogP contribution in [-0.2, 0) is 0 Å². The maximum atomic E-state index is 9.58. The van der Waals surface area contributed by atoms with Crippen molar-refractivity contribution in [1.82, 2.24) is 9.38 Å². The Morgan fingerprint density at radius 2 is 1.50 bits per heavy atom. The molecule has 0 aliphatic carbocycles. The molecule has 0 saturated carbocycles. The van der Waals surface area contributed by atoms with E-state index < -0.39 is 0 Å². The Bertz CT molecular complexity index is 1050. The second kappa shape index (κ2) is 5.68. The van der Waals surface area contributed by atoms with Gasteiger partial charge in [0.05, 0.1) is 0 Å². The zero-order valence-corrected chi connectivity index (χ0v) is 13.3. The molecule has 114 valence electrons. The maximum Gasteiger partial charge on any atom is 0.152 e. The first-order chi connectivity index (χ1) is 11.8. The van der Waals surface area contributed by atoms with Gasteiger partial charge >= 0.3 is 0 Å². The average Bonchev–Trinajstić information content (AvgIpc) is 3.00. The van der Waals surface area contributed by atoms with Gasteiger partial charge in [-0.3, -0.25) is 4.40 Å². The Morgan fingerprint density at radius 1 is 0.833 bits per heavy atom. The maximum absolute atomic E-state index is 9.58. The summed E-state index contributed by atoms with van der Waals surface area (Å²) < 4.78 is 1.86. The van der Waals surface area contributed by atoms with Gasteiger partial charge in [0.25, 0.3) is 0 Å². The Hall–Kier alpha value is -3.38. The zero-order valence-electron chi connectivity index (χ0n) is 13.3. The molecule has 0 unspecified atom stereocenters. The van der Waals surface area contributed by atoms with Crippen molar-refractivity contribution in [2.75, 3.05) is 0 Å². The van der Waals surface area contributed by atoms with E-state index in [0.29, 0.717) is 5.69 Å². The molecular weight excluding hydrogens is 294 g/mol. The van der Waals surface area contributed by atoms with Crippen molar-refractivity contribution in [2.45, 2.75) is 6.92 Å². The highest BCUT2D eigenvalue weighted by molar-refractivity contribution is 5.73. The van der Waals surface area contributed by atoms with Crippen molar-refractivity contribution in [2.24, 2.45) is 0 Å². The van der Waals surface area contributed by atoms with Crippen LogP contribution in [0.1, 0.15) is 11.3 Å². The van der Waals surface area contributed by atoms with Crippen LogP contribution in [0.15, 0.2) is 72.9 Å². The van der Waals surface area contributed by atoms with Gasteiger partial charge in [-0.05, 0) is 29.7 Å². The molecule has 0 atom stereocenters. The molecule has 3 heteroatoms. The zero-order chi connectivity index (χ0) is 16.5. The normalized spacial score (nSPS) is 10.7. The predicted molar refractivity (Wildman–Crippen MR) is 95.5 cm³/mol. The van der Waals surface area contributed by atoms with Gasteiger partial charge in [0, 0.05) is 11.8 Å². The second-order valence-corrected chi connectivity index (χ2v) is 5.80. The topological polar surface area (TPSA) is 41.1 Å². The Labute approximate surface area is 140 Å². The van der Waals surface area contributed by atoms with Crippen molar-refractivity contribution >= 4 is 5.65 Å². The molecule has 0 spiro atoms. The highest BCUT2D eigenvalue weighted by Gasteiger charge is 2.13. The Morgan fingerprint density at radius 3 is 2.21 bits per heavy atom. The van der Waals surface area contributed by atoms with Crippen LogP contribution >= 0.6 is 0 Å². The summed E-state index contributed by atoms with van der Waals surface area (Å²) in [6.45, 7) is 2.01. The number of fused-ring (bicyclic) bond motifs is 1. The third-order valence-electron chi connectivity index (χ3n) is 4.14. The number of pyridine rings is 1. The Balaban J connectivity index is 1.82. The first kappa shape index (κ1) is 14.2. The minimum absolute atomic E-state index is 0.571. The van der Waals surface area contributed by atoms with E-state index in [1.807, 2.05) is 60.0 Å². The van der Waals surface area contributed by atoms with E-state index in [1.54, 1.807) is 0 Å². The minimum Gasteiger partial charge on any atom is -0.290 e. The van der Waals surface area contributed by atoms with Crippen LogP contribution in [0, 0.1) is 18.3 Å². The summed E-state index contributed by atoms with van der Waals surface area (Å²) in [5, 5.41) is 9.58. The van der Waals surface area contributed by atoms with Gasteiger partial charge in [-0.1, -0.05) is 60.7 Å². The van der Waals surface area contributed by atoms with E-state index in [9.17, 15) is 5.26 Å². The number of benzene rings is 2. The molecule has 2 aromatic carbocycles. The summed E-state index contributed by atoms with van der Waals surface area (Å²) in [4.78, 5) is 4.64. The van der Waals surface area contributed by atoms with E-state index >= 15 is 0 Å². The number of nitriles is 1. The lowest BCUT2D eigenvalue weighted by Gasteiger charge is -2.03. The molecule has 0 aliphatic rings. The summed E-state index contributed by atoms with van der Waals surface area (Å²) >= 11 is 0. The van der Waals surface area contributed by atoms with Crippen LogP contribution < -0.4 is 0 Å². The fourth-order valence-corrected chi connectivity index (χ4v) is 2.91. The molecule has 4 rings (SSSR count). The van der Waals surface area contributed by atoms with Gasteiger partial charge in [-0.2, -0.15) is 5.26 Å². The van der Waals surface area contributed by atoms with Crippen LogP contribution in [0.3, 0.4) is 0 Å². The number of aromatic nitrogens is 2. The summed E-state index contributed by atoms with van der Waals surface area (Å²) in [7, 11) is 0. The quantitative estimate of drug-likeness (QED) is 0.531. The largest absolute Gasteiger partial charge is 0.290 e. The molecule has 0 bridgehead atoms. The first-order valence-corrected chi connectivity index (χ1v) is 7.81. The summed E-state index contributed by atoms with van der Waals surface area (Å²) in [6, 6.07) is 24.7. The third kappa shape index (κ3) is 2.35. The molecule has 4 aromatic rings. The minimum atomic E-state index is 0.571. The Kier molecular flexibility index (Phi) is 3.36. The number of nitrogens with zero attached hydrogens (tertiary/aromatic N) is 3. The molecule has 2 aromatic heterocycles. The molecular formula is C21H15N3. The van der Waals surface area contributed by atoms with Gasteiger partial charge in [0.2, 0.25) is 0 Å². The van der Waals surface area contributed by atoms with E-state index in [2.05, 4.69) is 35.3 Å². The lowest BCUT2D eigenvalue weighted by molar-refractivity contribution is 1.13. The van der Waals surface area contributed by atoms with E-state index in [-0.39, 0.29) is 0 Å². The molecule has 24 heavy (non-hydrogen) atoms. The van der Waals surface area contributed by atoms with Gasteiger partial charge in [0.1, 0.15) is 17.4 Å². The first-order valence-electron chi connectivity index (χ1n) is 7.81. The van der Waals surface area contributed by atoms with Crippen LogP contribution in [0.2, 0.25) is 0 Å². The number of hydrogen-bond acceptors (Lipinski definition) is 2. The standard InChI is InChI=1S/C21H15N3/c1-15-7-12-20-23-21(19(13-22)24(20)14-15)18-10-8-17(9-11-18)16-5-3-2-4-6-16/h2-12,14H,1H3. The number of hydrogen-bond donors (Lipinski definition) is 0. The SMILES string of the molecule is Cc1ccc2nc(-c3ccc(-c4ccccc4)cc3)c(C#N)n2c1. The van der Waals surface area contributed by atoms with Crippen molar-refractivity contribution in [1.29, 1.82) is 5.26 Å². The van der Waals surface area contributed by atoms with Crippen LogP contribution in [0.4, 0.5) is 0 Å². The fourth-order valence-electron chi connectivity index (χ4n) is 2.91. The number of imidazole rings is 1. The predicted octanol–water partition coefficient (Wildman–Crippen LogP) is 4.85. The molecule has 0 amide bonds. The molecule has 0 N–H and O–H groups in total. The summed E-state index contributed by atoms with van der Waals surface area (Å²) in [6.07, 6.45) is 1.95. The van der Waals surface area contributed by atoms with Gasteiger partial charge in [-0.15, -0.1) is 0 Å². The van der Waals surface area contributed by atoms with E-state index in [0.717, 1.165) is 28.0 Å². The average molecular weight is 309 g/mol. The van der Waals surface area contributed by atoms with Crippen molar-refractivity contribution in [3.63, 3.8) is 0 Å². The van der Waals surface area contributed by atoms with Crippen molar-refractivity contribution < 1.29 is 0 Å². The molecule has 0 aliphatic heterocycles. The monoisotopic (exact) mass is 309 g/mol. The third-order valence-corrected chi connectivity index (χ3v) is 4.14. The van der Waals surface area contributed by atoms with Crippen molar-refractivity contribution in [3.8, 4) is 28.5 Å².